The molecule has 2 bridgehead atoms. The first-order chi connectivity index (χ1) is 29.6. The summed E-state index contributed by atoms with van der Waals surface area (Å²) in [7, 11) is 4.84. The van der Waals surface area contributed by atoms with E-state index in [9.17, 15) is 30.2 Å². The lowest BCUT2D eigenvalue weighted by Crippen LogP contribution is -2.68. The van der Waals surface area contributed by atoms with Crippen molar-refractivity contribution >= 4 is 23.8 Å². The molecule has 0 saturated carbocycles. The number of likely N-dealkylation sites (N-methyl/N-ethyl adjacent to an activating group) is 1. The minimum atomic E-state index is -1.13. The summed E-state index contributed by atoms with van der Waals surface area (Å²) in [6.45, 7) is 8.40. The Labute approximate surface area is 366 Å². The first kappa shape index (κ1) is 43.0. The van der Waals surface area contributed by atoms with Gasteiger partial charge in [-0.15, -0.1) is 0 Å². The second-order valence-electron chi connectivity index (χ2n) is 17.7. The van der Waals surface area contributed by atoms with Crippen LogP contribution in [0, 0.1) is 25.2 Å². The Balaban J connectivity index is 1.14. The number of nitrogens with zero attached hydrogens (tertiary/aromatic N) is 3. The monoisotopic (exact) mass is 862 g/mol. The summed E-state index contributed by atoms with van der Waals surface area (Å²) < 4.78 is 23.1. The molecule has 0 spiro atoms. The fraction of sp³-hybridized carbons (Fsp3) is 0.438. The zero-order valence-electron chi connectivity index (χ0n) is 36.3. The molecule has 1 aliphatic carbocycles. The molecule has 1 amide bonds. The molecule has 3 aliphatic heterocycles. The number of aryl methyl sites for hydroxylation is 1. The van der Waals surface area contributed by atoms with Crippen LogP contribution in [0.2, 0.25) is 0 Å². The molecule has 4 aliphatic rings. The van der Waals surface area contributed by atoms with Gasteiger partial charge in [-0.3, -0.25) is 9.80 Å². The van der Waals surface area contributed by atoms with Gasteiger partial charge in [0.2, 0.25) is 0 Å². The Hall–Kier alpha value is -5.62. The van der Waals surface area contributed by atoms with E-state index in [2.05, 4.69) is 40.6 Å². The van der Waals surface area contributed by atoms with Crippen LogP contribution in [0.5, 0.6) is 28.7 Å². The molecule has 14 heteroatoms. The van der Waals surface area contributed by atoms with Crippen molar-refractivity contribution in [2.45, 2.75) is 95.2 Å². The van der Waals surface area contributed by atoms with Gasteiger partial charge >= 0.3 is 12.1 Å². The number of rotatable bonds is 10. The zero-order valence-corrected chi connectivity index (χ0v) is 37.1. The third-order valence-electron chi connectivity index (χ3n) is 13.0. The molecule has 4 aromatic rings. The maximum atomic E-state index is 14.4. The van der Waals surface area contributed by atoms with Crippen LogP contribution >= 0.6 is 11.8 Å². The van der Waals surface area contributed by atoms with Crippen LogP contribution in [-0.2, 0) is 27.1 Å². The van der Waals surface area contributed by atoms with Gasteiger partial charge in [0.15, 0.2) is 23.0 Å². The molecule has 3 heterocycles. The quantitative estimate of drug-likeness (QED) is 0.0933. The molecule has 62 heavy (non-hydrogen) atoms. The second-order valence-corrected chi connectivity index (χ2v) is 18.8. The van der Waals surface area contributed by atoms with E-state index in [1.165, 1.54) is 48.2 Å². The number of carbonyl (C=O) groups is 2. The van der Waals surface area contributed by atoms with Gasteiger partial charge in [0, 0.05) is 51.8 Å². The number of alkyl carbamates (subject to hydrolysis) is 1. The largest absolute Gasteiger partial charge is 0.507 e. The van der Waals surface area contributed by atoms with Crippen molar-refractivity contribution in [3.8, 4) is 45.9 Å². The van der Waals surface area contributed by atoms with Crippen LogP contribution in [0.1, 0.15) is 83.3 Å². The predicted molar refractivity (Wildman–Crippen MR) is 235 cm³/mol. The van der Waals surface area contributed by atoms with E-state index < -0.39 is 47.9 Å². The van der Waals surface area contributed by atoms with Gasteiger partial charge in [0.1, 0.15) is 30.0 Å². The molecular formula is C48H54N4O9S. The number of hydrogen-bond donors (Lipinski definition) is 4. The fourth-order valence-corrected chi connectivity index (χ4v) is 11.6. The number of ether oxygens (including phenoxy) is 4. The number of piperazine rings is 1. The van der Waals surface area contributed by atoms with Crippen LogP contribution in [0.25, 0.3) is 11.1 Å². The normalized spacial score (nSPS) is 21.9. The number of nitrogens with one attached hydrogen (secondary N) is 1. The standard InChI is InChI=1S/C48H54N4O9S/c1-24-17-26-18-34-36(20-49)52-35(40(51(34)6)38(26)42(54)44(24)58-7)19-31-39(43(55)45(59-8)25(2)41(31)53)37(52)21-60-46(56)33(50-47(57)61-48(3,4)5)23-62-22-32-29-15-11-9-13-27(29)28-14-10-12-16-30(28)32/h9-17,32-37,40,53-55H,18-19,21-23H2,1-8H3,(H,50,57)/t33-,34-,35+,36+,37+,40+/m1/s1. The Morgan fingerprint density at radius 1 is 0.919 bits per heavy atom. The zero-order chi connectivity index (χ0) is 44.4. The third kappa shape index (κ3) is 7.23. The smallest absolute Gasteiger partial charge is 0.408 e. The number of thioether (sulfide) groups is 1. The molecule has 0 radical (unpaired) electrons. The van der Waals surface area contributed by atoms with Crippen molar-refractivity contribution in [1.29, 1.82) is 5.26 Å². The maximum absolute atomic E-state index is 14.4. The fourth-order valence-electron chi connectivity index (χ4n) is 10.4. The van der Waals surface area contributed by atoms with Crippen molar-refractivity contribution in [2.75, 3.05) is 39.4 Å². The molecule has 4 N–H and O–H groups in total. The van der Waals surface area contributed by atoms with Crippen LogP contribution < -0.4 is 14.8 Å². The van der Waals surface area contributed by atoms with Gasteiger partial charge in [-0.1, -0.05) is 54.6 Å². The first-order valence-electron chi connectivity index (χ1n) is 20.9. The lowest BCUT2D eigenvalue weighted by atomic mass is 9.71. The summed E-state index contributed by atoms with van der Waals surface area (Å²) in [4.78, 5) is 31.8. The predicted octanol–water partition coefficient (Wildman–Crippen LogP) is 7.19. The Morgan fingerprint density at radius 3 is 2.16 bits per heavy atom. The van der Waals surface area contributed by atoms with Gasteiger partial charge in [0.05, 0.1) is 32.4 Å². The van der Waals surface area contributed by atoms with Gasteiger partial charge in [0.25, 0.3) is 0 Å². The Morgan fingerprint density at radius 2 is 1.55 bits per heavy atom. The second kappa shape index (κ2) is 16.6. The van der Waals surface area contributed by atoms with Crippen molar-refractivity contribution in [3.05, 3.63) is 99.1 Å². The van der Waals surface area contributed by atoms with E-state index in [1.807, 2.05) is 49.2 Å². The number of fused-ring (bicyclic) bond motifs is 10. The molecule has 0 aromatic heterocycles. The highest BCUT2D eigenvalue weighted by Gasteiger charge is 2.56. The molecule has 13 nitrogen and oxygen atoms in total. The van der Waals surface area contributed by atoms with Crippen LogP contribution in [0.4, 0.5) is 4.79 Å². The number of benzene rings is 4. The molecule has 8 rings (SSSR count). The molecular weight excluding hydrogens is 809 g/mol. The number of hydrogen-bond acceptors (Lipinski definition) is 13. The number of phenolic OH excluding ortho intramolecular Hbond substituents is 3. The summed E-state index contributed by atoms with van der Waals surface area (Å²) >= 11 is 1.51. The summed E-state index contributed by atoms with van der Waals surface area (Å²) in [5.74, 6) is 0.266. The summed E-state index contributed by atoms with van der Waals surface area (Å²) in [5, 5.41) is 49.3. The number of aromatic hydroxyl groups is 3. The third-order valence-corrected chi connectivity index (χ3v) is 14.1. The number of esters is 1. The van der Waals surface area contributed by atoms with Gasteiger partial charge in [-0.05, 0) is 87.9 Å². The minimum Gasteiger partial charge on any atom is -0.507 e. The number of phenols is 3. The van der Waals surface area contributed by atoms with Crippen LogP contribution in [0.15, 0.2) is 54.6 Å². The Kier molecular flexibility index (Phi) is 11.5. The average Bonchev–Trinajstić information content (AvgIpc) is 3.54. The summed E-state index contributed by atoms with van der Waals surface area (Å²) in [5.41, 5.74) is 7.31. The Bertz CT molecular complexity index is 2430. The van der Waals surface area contributed by atoms with Crippen molar-refractivity contribution in [2.24, 2.45) is 0 Å². The van der Waals surface area contributed by atoms with Crippen molar-refractivity contribution in [3.63, 3.8) is 0 Å². The lowest BCUT2D eigenvalue weighted by molar-refractivity contribution is -0.151. The van der Waals surface area contributed by atoms with Gasteiger partial charge in [-0.25, -0.2) is 9.59 Å². The van der Waals surface area contributed by atoms with Crippen LogP contribution in [-0.4, -0.2) is 106 Å². The van der Waals surface area contributed by atoms with Gasteiger partial charge < -0.3 is 39.6 Å². The summed E-state index contributed by atoms with van der Waals surface area (Å²) in [6, 6.07) is 16.9. The van der Waals surface area contributed by atoms with Crippen molar-refractivity contribution in [1.82, 2.24) is 15.1 Å². The number of methoxy groups -OCH3 is 2. The highest BCUT2D eigenvalue weighted by Crippen LogP contribution is 2.57. The van der Waals surface area contributed by atoms with Crippen LogP contribution in [0.3, 0.4) is 0 Å². The lowest BCUT2D eigenvalue weighted by Gasteiger charge is -2.59. The highest BCUT2D eigenvalue weighted by molar-refractivity contribution is 7.99. The van der Waals surface area contributed by atoms with Crippen molar-refractivity contribution < 1.29 is 43.9 Å². The maximum Gasteiger partial charge on any atom is 0.408 e. The molecule has 1 fully saturated rings. The molecule has 326 valence electrons. The first-order valence-corrected chi connectivity index (χ1v) is 22.1. The highest BCUT2D eigenvalue weighted by atomic mass is 32.2. The molecule has 6 atom stereocenters. The number of nitriles is 1. The summed E-state index contributed by atoms with van der Waals surface area (Å²) in [6.07, 6.45) is -0.153. The minimum absolute atomic E-state index is 0.0121. The van der Waals surface area contributed by atoms with E-state index >= 15 is 0 Å². The number of carbonyl (C=O) groups excluding carboxylic acids is 2. The van der Waals surface area contributed by atoms with E-state index in [0.717, 1.165) is 11.1 Å². The van der Waals surface area contributed by atoms with Gasteiger partial charge in [-0.2, -0.15) is 17.0 Å². The van der Waals surface area contributed by atoms with E-state index in [-0.39, 0.29) is 59.3 Å². The molecule has 0 unspecified atom stereocenters. The average molecular weight is 863 g/mol. The topological polar surface area (TPSA) is 174 Å². The SMILES string of the molecule is COc1c(C)cc2c(c1O)[C@@H]1[C@@H]3Cc4c(O)c(C)c(OC)c(O)c4[C@H](COC(=O)[C@@H](CSCC4c5ccccc5-c5ccccc54)NC(=O)OC(C)(C)C)N3[C@@H](C#N)[C@@H](C2)N1C. The van der Waals surface area contributed by atoms with E-state index in [0.29, 0.717) is 34.6 Å². The van der Waals surface area contributed by atoms with E-state index in [1.54, 1.807) is 27.7 Å². The molecule has 4 aromatic carbocycles. The number of amides is 1. The van der Waals surface area contributed by atoms with E-state index in [4.69, 9.17) is 18.9 Å². The molecule has 1 saturated heterocycles.